The van der Waals surface area contributed by atoms with Crippen molar-refractivity contribution in [2.75, 3.05) is 0 Å². The van der Waals surface area contributed by atoms with Gasteiger partial charge in [-0.05, 0) is 18.6 Å². The molecule has 0 atom stereocenters. The van der Waals surface area contributed by atoms with Gasteiger partial charge in [-0.2, -0.15) is 0 Å². The molecule has 0 N–H and O–H groups in total. The number of halogens is 2. The molecule has 2 nitrogen and oxygen atoms in total. The Labute approximate surface area is 74.4 Å². The summed E-state index contributed by atoms with van der Waals surface area (Å²) in [6.45, 7) is 1.81. The molecule has 0 spiro atoms. The first-order valence-corrected chi connectivity index (χ1v) is 3.71. The molecule has 1 rings (SSSR count). The highest BCUT2D eigenvalue weighted by Gasteiger charge is 2.13. The van der Waals surface area contributed by atoms with Crippen LogP contribution in [-0.2, 0) is 0 Å². The Morgan fingerprint density at radius 2 is 1.91 bits per heavy atom. The first kappa shape index (κ1) is 8.32. The van der Waals surface area contributed by atoms with Crippen LogP contribution in [0.2, 0.25) is 10.0 Å². The highest BCUT2D eigenvalue weighted by atomic mass is 35.5. The zero-order chi connectivity index (χ0) is 8.43. The third-order valence-corrected chi connectivity index (χ3v) is 2.05. The Kier molecular flexibility index (Phi) is 2.33. The summed E-state index contributed by atoms with van der Waals surface area (Å²) in [7, 11) is 0. The van der Waals surface area contributed by atoms with Crippen molar-refractivity contribution in [3.8, 4) is 0 Å². The second-order valence-corrected chi connectivity index (χ2v) is 2.97. The van der Waals surface area contributed by atoms with E-state index in [1.54, 1.807) is 12.1 Å². The van der Waals surface area contributed by atoms with Crippen LogP contribution in [0.4, 0.5) is 5.69 Å². The molecule has 0 heterocycles. The molecule has 0 saturated carbocycles. The summed E-state index contributed by atoms with van der Waals surface area (Å²) in [5, 5.41) is 9.35. The molecule has 0 bridgehead atoms. The van der Waals surface area contributed by atoms with Crippen LogP contribution in [0.3, 0.4) is 0 Å². The molecular formula is C7H5Cl2N2+. The normalized spacial score (nSPS) is 9.27. The van der Waals surface area contributed by atoms with Gasteiger partial charge in [-0.3, -0.25) is 0 Å². The maximum atomic E-state index is 8.43. The fourth-order valence-electron chi connectivity index (χ4n) is 0.719. The average Bonchev–Trinajstić information content (AvgIpc) is 1.97. The molecule has 4 heteroatoms. The van der Waals surface area contributed by atoms with E-state index in [0.717, 1.165) is 5.56 Å². The second kappa shape index (κ2) is 3.08. The van der Waals surface area contributed by atoms with E-state index < -0.39 is 0 Å². The molecule has 0 unspecified atom stereocenters. The number of benzene rings is 1. The van der Waals surface area contributed by atoms with Crippen LogP contribution in [0, 0.1) is 12.3 Å². The first-order valence-electron chi connectivity index (χ1n) is 2.96. The largest absolute Gasteiger partial charge is 0.403 e. The summed E-state index contributed by atoms with van der Waals surface area (Å²) < 4.78 is 0. The van der Waals surface area contributed by atoms with Crippen molar-refractivity contribution in [2.45, 2.75) is 6.92 Å². The number of hydrogen-bond donors (Lipinski definition) is 0. The van der Waals surface area contributed by atoms with Crippen molar-refractivity contribution in [1.29, 1.82) is 5.39 Å². The minimum atomic E-state index is 0.341. The maximum Gasteiger partial charge on any atom is 0.403 e. The van der Waals surface area contributed by atoms with Gasteiger partial charge in [-0.1, -0.05) is 23.2 Å². The first-order chi connectivity index (χ1) is 5.15. The van der Waals surface area contributed by atoms with Gasteiger partial charge in [0, 0.05) is 11.1 Å². The molecule has 0 aliphatic carbocycles. The summed E-state index contributed by atoms with van der Waals surface area (Å²) in [6.07, 6.45) is 0. The third kappa shape index (κ3) is 1.62. The Bertz CT molecular complexity index is 328. The lowest BCUT2D eigenvalue weighted by atomic mass is 10.2. The Morgan fingerprint density at radius 3 is 2.45 bits per heavy atom. The van der Waals surface area contributed by atoms with Gasteiger partial charge in [-0.15, -0.1) is 0 Å². The summed E-state index contributed by atoms with van der Waals surface area (Å²) in [5.74, 6) is 0. The second-order valence-electron chi connectivity index (χ2n) is 2.15. The molecule has 11 heavy (non-hydrogen) atoms. The van der Waals surface area contributed by atoms with Crippen molar-refractivity contribution in [2.24, 2.45) is 0 Å². The predicted octanol–water partition coefficient (Wildman–Crippen LogP) is 3.79. The molecule has 0 aliphatic rings. The molecule has 1 aromatic rings. The number of hydrogen-bond acceptors (Lipinski definition) is 1. The highest BCUT2D eigenvalue weighted by molar-refractivity contribution is 6.36. The van der Waals surface area contributed by atoms with Crippen LogP contribution in [0.1, 0.15) is 5.56 Å². The summed E-state index contributed by atoms with van der Waals surface area (Å²) in [6, 6.07) is 3.16. The average molecular weight is 188 g/mol. The molecule has 1 aromatic carbocycles. The SMILES string of the molecule is Cc1cc([N+]#N)c(Cl)cc1Cl. The summed E-state index contributed by atoms with van der Waals surface area (Å²) >= 11 is 11.4. The van der Waals surface area contributed by atoms with E-state index >= 15 is 0 Å². The zero-order valence-electron chi connectivity index (χ0n) is 5.81. The van der Waals surface area contributed by atoms with Gasteiger partial charge in [0.05, 0.1) is 0 Å². The Balaban J connectivity index is 3.35. The van der Waals surface area contributed by atoms with Crippen molar-refractivity contribution < 1.29 is 0 Å². The highest BCUT2D eigenvalue weighted by Crippen LogP contribution is 2.30. The minimum Gasteiger partial charge on any atom is -0.0840 e. The van der Waals surface area contributed by atoms with Crippen LogP contribution in [0.15, 0.2) is 12.1 Å². The van der Waals surface area contributed by atoms with E-state index in [1.165, 1.54) is 0 Å². The zero-order valence-corrected chi connectivity index (χ0v) is 7.32. The number of aryl methyl sites for hydroxylation is 1. The van der Waals surface area contributed by atoms with Gasteiger partial charge < -0.3 is 0 Å². The Morgan fingerprint density at radius 1 is 1.27 bits per heavy atom. The van der Waals surface area contributed by atoms with E-state index in [-0.39, 0.29) is 0 Å². The quantitative estimate of drug-likeness (QED) is 0.569. The molecule has 0 saturated heterocycles. The van der Waals surface area contributed by atoms with Crippen molar-refractivity contribution in [1.82, 2.24) is 0 Å². The lowest BCUT2D eigenvalue weighted by Gasteiger charge is -1.92. The van der Waals surface area contributed by atoms with E-state index in [2.05, 4.69) is 4.98 Å². The lowest BCUT2D eigenvalue weighted by Crippen LogP contribution is -1.74. The van der Waals surface area contributed by atoms with Gasteiger partial charge in [0.1, 0.15) is 5.02 Å². The van der Waals surface area contributed by atoms with E-state index in [0.29, 0.717) is 15.7 Å². The summed E-state index contributed by atoms with van der Waals surface area (Å²) in [5.41, 5.74) is 1.18. The standard InChI is InChI=1S/C7H5Cl2N2/c1-4-2-7(11-10)6(9)3-5(4)8/h2-3H,1H3/q+1. The number of diazo groups is 1. The van der Waals surface area contributed by atoms with Gasteiger partial charge in [0.25, 0.3) is 0 Å². The monoisotopic (exact) mass is 187 g/mol. The van der Waals surface area contributed by atoms with Crippen molar-refractivity contribution >= 4 is 28.9 Å². The molecule has 0 radical (unpaired) electrons. The fourth-order valence-corrected chi connectivity index (χ4v) is 1.14. The van der Waals surface area contributed by atoms with E-state index in [9.17, 15) is 0 Å². The fraction of sp³-hybridized carbons (Fsp3) is 0.143. The molecule has 0 fully saturated rings. The third-order valence-electron chi connectivity index (χ3n) is 1.34. The minimum absolute atomic E-state index is 0.341. The van der Waals surface area contributed by atoms with Gasteiger partial charge in [0.2, 0.25) is 5.39 Å². The van der Waals surface area contributed by atoms with Gasteiger partial charge in [-0.25, -0.2) is 0 Å². The molecule has 0 aliphatic heterocycles. The van der Waals surface area contributed by atoms with Crippen LogP contribution in [-0.4, -0.2) is 0 Å². The number of rotatable bonds is 0. The van der Waals surface area contributed by atoms with Crippen LogP contribution in [0.25, 0.3) is 4.98 Å². The Hall–Kier alpha value is -0.780. The van der Waals surface area contributed by atoms with Crippen molar-refractivity contribution in [3.63, 3.8) is 0 Å². The molecular weight excluding hydrogens is 183 g/mol. The summed E-state index contributed by atoms with van der Waals surface area (Å²) in [4.78, 5) is 2.98. The number of nitrogens with zero attached hydrogens (tertiary/aromatic N) is 2. The van der Waals surface area contributed by atoms with Gasteiger partial charge >= 0.3 is 5.69 Å². The maximum absolute atomic E-state index is 8.43. The molecule has 0 aromatic heterocycles. The smallest absolute Gasteiger partial charge is 0.0840 e. The topological polar surface area (TPSA) is 28.1 Å². The van der Waals surface area contributed by atoms with Crippen molar-refractivity contribution in [3.05, 3.63) is 32.7 Å². The van der Waals surface area contributed by atoms with Crippen LogP contribution in [0.5, 0.6) is 0 Å². The lowest BCUT2D eigenvalue weighted by molar-refractivity contribution is 1.43. The van der Waals surface area contributed by atoms with E-state index in [4.69, 9.17) is 28.6 Å². The predicted molar refractivity (Wildman–Crippen MR) is 45.9 cm³/mol. The van der Waals surface area contributed by atoms with Gasteiger partial charge in [0.15, 0.2) is 4.98 Å². The van der Waals surface area contributed by atoms with Crippen LogP contribution >= 0.6 is 23.2 Å². The molecule has 0 amide bonds. The van der Waals surface area contributed by atoms with E-state index in [1.807, 2.05) is 6.92 Å². The van der Waals surface area contributed by atoms with Crippen LogP contribution < -0.4 is 0 Å². The molecule has 56 valence electrons.